The second-order valence-electron chi connectivity index (χ2n) is 3.23. The van der Waals surface area contributed by atoms with Crippen molar-refractivity contribution < 1.29 is 31.8 Å². The molecule has 0 aromatic heterocycles. The minimum Gasteiger partial charge on any atom is -0.394 e. The molecule has 19 heavy (non-hydrogen) atoms. The zero-order valence-electron chi connectivity index (χ0n) is 10.9. The number of hydrogen-bond donors (Lipinski definition) is 2. The summed E-state index contributed by atoms with van der Waals surface area (Å²) in [6, 6.07) is 0. The van der Waals surface area contributed by atoms with E-state index in [2.05, 4.69) is 13.2 Å². The molecule has 0 aliphatic carbocycles. The average molecular weight is 316 g/mol. The Balaban J connectivity index is 0. The van der Waals surface area contributed by atoms with Crippen molar-refractivity contribution >= 4 is 19.7 Å². The molecule has 114 valence electrons. The van der Waals surface area contributed by atoms with Gasteiger partial charge >= 0.3 is 0 Å². The molecule has 0 amide bonds. The maximum absolute atomic E-state index is 11.2. The smallest absolute Gasteiger partial charge is 0.197 e. The van der Waals surface area contributed by atoms with Gasteiger partial charge in [0.1, 0.15) is 0 Å². The van der Waals surface area contributed by atoms with Crippen LogP contribution in [-0.4, -0.2) is 51.1 Å². The van der Waals surface area contributed by atoms with Crippen LogP contribution in [-0.2, 0) is 24.4 Å². The van der Waals surface area contributed by atoms with E-state index in [1.54, 1.807) is 0 Å². The van der Waals surface area contributed by atoms with E-state index in [4.69, 9.17) is 14.9 Å². The third kappa shape index (κ3) is 8.11. The fourth-order valence-electron chi connectivity index (χ4n) is 0.696. The molecule has 2 atom stereocenters. The Bertz CT molecular complexity index is 420. The largest absolute Gasteiger partial charge is 0.394 e. The summed E-state index contributed by atoms with van der Waals surface area (Å²) < 4.78 is 49.6. The topological polar surface area (TPSA) is 118 Å². The third-order valence-electron chi connectivity index (χ3n) is 1.87. The number of aliphatic hydroxyl groups is 2. The number of aliphatic hydroxyl groups excluding tert-OH is 2. The van der Waals surface area contributed by atoms with Gasteiger partial charge in [0.25, 0.3) is 0 Å². The minimum atomic E-state index is -3.62. The van der Waals surface area contributed by atoms with Crippen molar-refractivity contribution in [2.24, 2.45) is 0 Å². The Labute approximate surface area is 114 Å². The van der Waals surface area contributed by atoms with Crippen molar-refractivity contribution in [3.63, 3.8) is 0 Å². The quantitative estimate of drug-likeness (QED) is 0.666. The summed E-state index contributed by atoms with van der Waals surface area (Å²) in [5.74, 6) is 0. The third-order valence-corrected chi connectivity index (χ3v) is 4.88. The van der Waals surface area contributed by atoms with Gasteiger partial charge in [0.05, 0.1) is 13.2 Å². The molecule has 0 saturated carbocycles. The molecule has 0 saturated heterocycles. The number of sulfone groups is 2. The van der Waals surface area contributed by atoms with Gasteiger partial charge in [0.15, 0.2) is 30.5 Å². The molecule has 7 nitrogen and oxygen atoms in total. The van der Waals surface area contributed by atoms with Crippen molar-refractivity contribution in [1.82, 2.24) is 0 Å². The van der Waals surface area contributed by atoms with Crippen LogP contribution in [0, 0.1) is 0 Å². The highest BCUT2D eigenvalue weighted by Gasteiger charge is 2.25. The molecule has 0 aromatic carbocycles. The maximum Gasteiger partial charge on any atom is 0.197 e. The second kappa shape index (κ2) is 9.21. The summed E-state index contributed by atoms with van der Waals surface area (Å²) in [4.78, 5) is 0. The van der Waals surface area contributed by atoms with Crippen LogP contribution in [0.15, 0.2) is 24.0 Å². The van der Waals surface area contributed by atoms with Gasteiger partial charge < -0.3 is 14.9 Å². The van der Waals surface area contributed by atoms with Gasteiger partial charge in [-0.3, -0.25) is 0 Å². The fourth-order valence-corrected chi connectivity index (χ4v) is 1.95. The Morgan fingerprint density at radius 2 is 1.21 bits per heavy atom. The van der Waals surface area contributed by atoms with Gasteiger partial charge in [-0.2, -0.15) is 0 Å². The molecule has 2 N–H and O–H groups in total. The molecule has 0 bridgehead atoms. The molecule has 2 unspecified atom stereocenters. The lowest BCUT2D eigenvalue weighted by Crippen LogP contribution is -2.28. The van der Waals surface area contributed by atoms with E-state index < -0.39 is 30.5 Å². The predicted octanol–water partition coefficient (Wildman–Crippen LogP) is -0.217. The molecule has 0 aliphatic rings. The molecule has 0 aliphatic heterocycles. The first kappa shape index (κ1) is 20.6. The Hall–Kier alpha value is -0.740. The predicted molar refractivity (Wildman–Crippen MR) is 72.4 cm³/mol. The summed E-state index contributed by atoms with van der Waals surface area (Å²) in [5, 5.41) is 16.7. The van der Waals surface area contributed by atoms with Gasteiger partial charge in [0.2, 0.25) is 0 Å². The van der Waals surface area contributed by atoms with Crippen LogP contribution in [0.5, 0.6) is 0 Å². The normalized spacial score (nSPS) is 14.7. The minimum absolute atomic E-state index is 0.125. The summed E-state index contributed by atoms with van der Waals surface area (Å²) in [6.07, 6.45) is 0. The van der Waals surface area contributed by atoms with Crippen LogP contribution in [0.3, 0.4) is 0 Å². The van der Waals surface area contributed by atoms with E-state index in [0.717, 1.165) is 10.8 Å². The van der Waals surface area contributed by atoms with Gasteiger partial charge in [-0.05, 0) is 13.8 Å². The highest BCUT2D eigenvalue weighted by molar-refractivity contribution is 7.95. The van der Waals surface area contributed by atoms with E-state index in [0.29, 0.717) is 0 Å². The second-order valence-corrected chi connectivity index (χ2v) is 7.58. The van der Waals surface area contributed by atoms with E-state index >= 15 is 0 Å². The van der Waals surface area contributed by atoms with Crippen LogP contribution in [0.4, 0.5) is 0 Å². The van der Waals surface area contributed by atoms with Gasteiger partial charge in [-0.1, -0.05) is 13.2 Å². The van der Waals surface area contributed by atoms with E-state index in [1.165, 1.54) is 13.8 Å². The molecule has 9 heteroatoms. The molecule has 0 rings (SSSR count). The van der Waals surface area contributed by atoms with Crippen molar-refractivity contribution in [2.45, 2.75) is 24.7 Å². The lowest BCUT2D eigenvalue weighted by Gasteiger charge is -2.16. The molecular formula is C10H20O7S2. The van der Waals surface area contributed by atoms with E-state index in [1.807, 2.05) is 0 Å². The molecule has 0 fully saturated rings. The molecule has 0 heterocycles. The first-order valence-electron chi connectivity index (χ1n) is 5.18. The average Bonchev–Trinajstić information content (AvgIpc) is 2.38. The van der Waals surface area contributed by atoms with E-state index in [-0.39, 0.29) is 13.2 Å². The maximum atomic E-state index is 11.2. The Kier molecular flexibility index (Phi) is 9.97. The summed E-state index contributed by atoms with van der Waals surface area (Å²) in [5.41, 5.74) is -2.50. The van der Waals surface area contributed by atoms with Crippen LogP contribution < -0.4 is 0 Å². The first-order valence-corrected chi connectivity index (χ1v) is 8.40. The molecule has 0 radical (unpaired) electrons. The van der Waals surface area contributed by atoms with Crippen LogP contribution in [0.2, 0.25) is 0 Å². The van der Waals surface area contributed by atoms with Gasteiger partial charge in [-0.25, -0.2) is 16.8 Å². The van der Waals surface area contributed by atoms with Crippen LogP contribution >= 0.6 is 0 Å². The Morgan fingerprint density at radius 1 is 0.947 bits per heavy atom. The molecular weight excluding hydrogens is 296 g/mol. The lowest BCUT2D eigenvalue weighted by molar-refractivity contribution is 0.101. The van der Waals surface area contributed by atoms with Crippen molar-refractivity contribution in [2.75, 3.05) is 13.2 Å². The monoisotopic (exact) mass is 316 g/mol. The fraction of sp³-hybridized carbons (Fsp3) is 0.600. The number of hydrogen-bond acceptors (Lipinski definition) is 7. The highest BCUT2D eigenvalue weighted by Crippen LogP contribution is 2.12. The number of ether oxygens (including phenoxy) is 1. The summed E-state index contributed by atoms with van der Waals surface area (Å²) >= 11 is 0. The van der Waals surface area contributed by atoms with Crippen LogP contribution in [0.1, 0.15) is 13.8 Å². The van der Waals surface area contributed by atoms with E-state index in [9.17, 15) is 16.8 Å². The van der Waals surface area contributed by atoms with Crippen LogP contribution in [0.25, 0.3) is 0 Å². The Morgan fingerprint density at radius 3 is 1.37 bits per heavy atom. The van der Waals surface area contributed by atoms with Gasteiger partial charge in [-0.15, -0.1) is 0 Å². The number of rotatable bonds is 7. The SMILES string of the molecule is C=CS(=O)(=O)C(C)OC(C)S(=O)(=O)C=C.OCCO. The zero-order valence-corrected chi connectivity index (χ0v) is 12.5. The zero-order chi connectivity index (χ0) is 15.7. The van der Waals surface area contributed by atoms with Crippen molar-refractivity contribution in [1.29, 1.82) is 0 Å². The standard InChI is InChI=1S/C8H14O5S2.C2H6O2/c1-5-14(9,10)7(3)13-8(4)15(11,12)6-2;3-1-2-4/h5-8H,1-2H2,3-4H3;3-4H,1-2H2. The summed E-state index contributed by atoms with van der Waals surface area (Å²) in [7, 11) is -7.24. The van der Waals surface area contributed by atoms with Crippen molar-refractivity contribution in [3.8, 4) is 0 Å². The van der Waals surface area contributed by atoms with Gasteiger partial charge in [0, 0.05) is 10.8 Å². The lowest BCUT2D eigenvalue weighted by atomic mass is 10.8. The molecule has 0 aromatic rings. The molecule has 0 spiro atoms. The highest BCUT2D eigenvalue weighted by atomic mass is 32.2. The first-order chi connectivity index (χ1) is 8.58. The van der Waals surface area contributed by atoms with Crippen molar-refractivity contribution in [3.05, 3.63) is 24.0 Å². The summed E-state index contributed by atoms with van der Waals surface area (Å²) in [6.45, 7) is 8.45.